The topological polar surface area (TPSA) is 75.7 Å². The predicted octanol–water partition coefficient (Wildman–Crippen LogP) is 2.38. The number of rotatable bonds is 7. The van der Waals surface area contributed by atoms with Gasteiger partial charge in [0.1, 0.15) is 0 Å². The van der Waals surface area contributed by atoms with Crippen LogP contribution < -0.4 is 5.32 Å². The van der Waals surface area contributed by atoms with Crippen LogP contribution in [-0.4, -0.2) is 56.2 Å². The minimum Gasteiger partial charge on any atom is -0.373 e. The van der Waals surface area contributed by atoms with Crippen molar-refractivity contribution in [2.75, 3.05) is 25.4 Å². The first-order valence-electron chi connectivity index (χ1n) is 9.36. The second kappa shape index (κ2) is 9.48. The van der Waals surface area contributed by atoms with Crippen molar-refractivity contribution in [2.45, 2.75) is 45.8 Å². The van der Waals surface area contributed by atoms with Gasteiger partial charge in [-0.25, -0.2) is 8.42 Å². The Morgan fingerprint density at radius 3 is 2.37 bits per heavy atom. The van der Waals surface area contributed by atoms with E-state index in [-0.39, 0.29) is 30.4 Å². The smallest absolute Gasteiger partial charge is 0.244 e. The fourth-order valence-electron chi connectivity index (χ4n) is 3.01. The number of benzene rings is 1. The van der Waals surface area contributed by atoms with Crippen LogP contribution >= 0.6 is 0 Å². The molecule has 6 nitrogen and oxygen atoms in total. The van der Waals surface area contributed by atoms with Gasteiger partial charge in [-0.3, -0.25) is 4.79 Å². The van der Waals surface area contributed by atoms with Crippen molar-refractivity contribution in [1.82, 2.24) is 9.62 Å². The monoisotopic (exact) mass is 394 g/mol. The predicted molar refractivity (Wildman–Crippen MR) is 108 cm³/mol. The fourth-order valence-corrected chi connectivity index (χ4v) is 4.51. The Balaban J connectivity index is 1.81. The molecule has 1 aliphatic heterocycles. The molecule has 2 rings (SSSR count). The third-order valence-electron chi connectivity index (χ3n) is 4.47. The Morgan fingerprint density at radius 2 is 1.81 bits per heavy atom. The molecule has 1 N–H and O–H groups in total. The maximum Gasteiger partial charge on any atom is 0.244 e. The van der Waals surface area contributed by atoms with Crippen LogP contribution in [0.2, 0.25) is 0 Å². The van der Waals surface area contributed by atoms with E-state index in [1.165, 1.54) is 15.9 Å². The van der Waals surface area contributed by atoms with Gasteiger partial charge in [-0.1, -0.05) is 38.1 Å². The zero-order valence-electron chi connectivity index (χ0n) is 16.5. The van der Waals surface area contributed by atoms with Crippen LogP contribution in [0.5, 0.6) is 0 Å². The van der Waals surface area contributed by atoms with Gasteiger partial charge in [-0.05, 0) is 37.0 Å². The Bertz CT molecular complexity index is 747. The molecule has 0 bridgehead atoms. The zero-order valence-corrected chi connectivity index (χ0v) is 17.3. The summed E-state index contributed by atoms with van der Waals surface area (Å²) in [7, 11) is -3.41. The molecule has 0 radical (unpaired) electrons. The summed E-state index contributed by atoms with van der Waals surface area (Å²) in [4.78, 5) is 11.9. The summed E-state index contributed by atoms with van der Waals surface area (Å²) >= 11 is 0. The molecule has 7 heteroatoms. The summed E-state index contributed by atoms with van der Waals surface area (Å²) in [5.41, 5.74) is 2.17. The second-order valence-electron chi connectivity index (χ2n) is 7.34. The highest BCUT2D eigenvalue weighted by Crippen LogP contribution is 2.16. The van der Waals surface area contributed by atoms with Gasteiger partial charge >= 0.3 is 0 Å². The number of morpholine rings is 1. The first-order chi connectivity index (χ1) is 12.7. The summed E-state index contributed by atoms with van der Waals surface area (Å²) in [6.45, 7) is 8.77. The number of nitrogens with one attached hydrogen (secondary N) is 1. The SMILES string of the molecule is CC1CN(S(=O)(=O)CCNC(=O)/C=C/c2ccc(C(C)C)cc2)CC(C)O1. The van der Waals surface area contributed by atoms with Crippen molar-refractivity contribution in [3.8, 4) is 0 Å². The van der Waals surface area contributed by atoms with Crippen LogP contribution in [0.25, 0.3) is 6.08 Å². The van der Waals surface area contributed by atoms with Gasteiger partial charge in [0.25, 0.3) is 0 Å². The first kappa shape index (κ1) is 21.6. The molecular weight excluding hydrogens is 364 g/mol. The molecule has 2 unspecified atom stereocenters. The highest BCUT2D eigenvalue weighted by atomic mass is 32.2. The van der Waals surface area contributed by atoms with Gasteiger partial charge in [0.15, 0.2) is 0 Å². The number of ether oxygens (including phenoxy) is 1. The molecule has 0 spiro atoms. The number of hydrogen-bond donors (Lipinski definition) is 1. The van der Waals surface area contributed by atoms with Crippen molar-refractivity contribution in [1.29, 1.82) is 0 Å². The van der Waals surface area contributed by atoms with E-state index in [4.69, 9.17) is 4.74 Å². The van der Waals surface area contributed by atoms with E-state index in [0.717, 1.165) is 5.56 Å². The number of sulfonamides is 1. The highest BCUT2D eigenvalue weighted by molar-refractivity contribution is 7.89. The van der Waals surface area contributed by atoms with Crippen LogP contribution in [-0.2, 0) is 19.6 Å². The molecule has 150 valence electrons. The maximum atomic E-state index is 12.4. The summed E-state index contributed by atoms with van der Waals surface area (Å²) < 4.78 is 31.9. The van der Waals surface area contributed by atoms with Crippen LogP contribution in [0.3, 0.4) is 0 Å². The minimum absolute atomic E-state index is 0.0813. The average molecular weight is 395 g/mol. The second-order valence-corrected chi connectivity index (χ2v) is 9.42. The van der Waals surface area contributed by atoms with Crippen LogP contribution in [0.4, 0.5) is 0 Å². The largest absolute Gasteiger partial charge is 0.373 e. The van der Waals surface area contributed by atoms with E-state index >= 15 is 0 Å². The molecule has 1 aliphatic rings. The van der Waals surface area contributed by atoms with Crippen LogP contribution in [0.15, 0.2) is 30.3 Å². The Labute approximate surface area is 162 Å². The number of carbonyl (C=O) groups excluding carboxylic acids is 1. The number of amides is 1. The van der Waals surface area contributed by atoms with Gasteiger partial charge in [0.2, 0.25) is 15.9 Å². The van der Waals surface area contributed by atoms with Gasteiger partial charge in [-0.2, -0.15) is 4.31 Å². The van der Waals surface area contributed by atoms with Gasteiger partial charge in [0.05, 0.1) is 18.0 Å². The van der Waals surface area contributed by atoms with Crippen molar-refractivity contribution in [3.63, 3.8) is 0 Å². The quantitative estimate of drug-likeness (QED) is 0.721. The van der Waals surface area contributed by atoms with Crippen LogP contribution in [0.1, 0.15) is 44.7 Å². The molecule has 2 atom stereocenters. The fraction of sp³-hybridized carbons (Fsp3) is 0.550. The molecule has 0 aliphatic carbocycles. The van der Waals surface area contributed by atoms with Crippen molar-refractivity contribution < 1.29 is 17.9 Å². The van der Waals surface area contributed by atoms with E-state index in [2.05, 4.69) is 19.2 Å². The Kier molecular flexibility index (Phi) is 7.59. The Morgan fingerprint density at radius 1 is 1.22 bits per heavy atom. The van der Waals surface area contributed by atoms with Gasteiger partial charge < -0.3 is 10.1 Å². The Hall–Kier alpha value is -1.70. The lowest BCUT2D eigenvalue weighted by Crippen LogP contribution is -2.49. The molecule has 0 aromatic heterocycles. The summed E-state index contributed by atoms with van der Waals surface area (Å²) in [6, 6.07) is 8.01. The molecule has 1 amide bonds. The van der Waals surface area contributed by atoms with Crippen LogP contribution in [0, 0.1) is 0 Å². The summed E-state index contributed by atoms with van der Waals surface area (Å²) in [5, 5.41) is 2.64. The van der Waals surface area contributed by atoms with E-state index in [1.54, 1.807) is 6.08 Å². The lowest BCUT2D eigenvalue weighted by Gasteiger charge is -2.34. The minimum atomic E-state index is -3.41. The van der Waals surface area contributed by atoms with Crippen molar-refractivity contribution >= 4 is 22.0 Å². The van der Waals surface area contributed by atoms with E-state index in [9.17, 15) is 13.2 Å². The average Bonchev–Trinajstić information content (AvgIpc) is 2.59. The maximum absolute atomic E-state index is 12.4. The molecule has 27 heavy (non-hydrogen) atoms. The third-order valence-corrected chi connectivity index (χ3v) is 6.27. The molecule has 0 saturated carbocycles. The lowest BCUT2D eigenvalue weighted by atomic mass is 10.0. The lowest BCUT2D eigenvalue weighted by molar-refractivity contribution is -0.116. The number of carbonyl (C=O) groups is 1. The standard InChI is InChI=1S/C20H30N2O4S/c1-15(2)19-8-5-18(6-9-19)7-10-20(23)21-11-12-27(24,25)22-13-16(3)26-17(4)14-22/h5-10,15-17H,11-14H2,1-4H3,(H,21,23)/b10-7+. The molecule has 1 aromatic rings. The molecule has 1 fully saturated rings. The first-order valence-corrected chi connectivity index (χ1v) is 11.0. The third kappa shape index (κ3) is 6.75. The van der Waals surface area contributed by atoms with E-state index in [0.29, 0.717) is 19.0 Å². The normalized spacial score (nSPS) is 21.7. The van der Waals surface area contributed by atoms with Crippen molar-refractivity contribution in [3.05, 3.63) is 41.5 Å². The number of hydrogen-bond acceptors (Lipinski definition) is 4. The van der Waals surface area contributed by atoms with Crippen molar-refractivity contribution in [2.24, 2.45) is 0 Å². The summed E-state index contributed by atoms with van der Waals surface area (Å²) in [6.07, 6.45) is 2.90. The number of nitrogens with zero attached hydrogens (tertiary/aromatic N) is 1. The molecule has 1 aromatic carbocycles. The van der Waals surface area contributed by atoms with Gasteiger partial charge in [-0.15, -0.1) is 0 Å². The van der Waals surface area contributed by atoms with E-state index < -0.39 is 10.0 Å². The van der Waals surface area contributed by atoms with Gasteiger partial charge in [0, 0.05) is 25.7 Å². The molecular formula is C20H30N2O4S. The van der Waals surface area contributed by atoms with E-state index in [1.807, 2.05) is 38.1 Å². The molecule has 1 heterocycles. The zero-order chi connectivity index (χ0) is 20.0. The molecule has 1 saturated heterocycles. The summed E-state index contributed by atoms with van der Waals surface area (Å²) in [5.74, 6) is 0.0438. The highest BCUT2D eigenvalue weighted by Gasteiger charge is 2.30.